The van der Waals surface area contributed by atoms with Crippen LogP contribution in [0.25, 0.3) is 10.9 Å². The number of fused-ring (bicyclic) bond motifs is 1. The number of amides is 2. The number of nitrogens with zero attached hydrogens (tertiary/aromatic N) is 3. The van der Waals surface area contributed by atoms with Crippen LogP contribution in [0.5, 0.6) is 0 Å². The molecule has 0 bridgehead atoms. The summed E-state index contributed by atoms with van der Waals surface area (Å²) in [6.07, 6.45) is 6.41. The van der Waals surface area contributed by atoms with Crippen molar-refractivity contribution in [3.05, 3.63) is 66.1 Å². The minimum absolute atomic E-state index is 0.0435. The number of likely N-dealkylation sites (tertiary alicyclic amines) is 1. The Morgan fingerprint density at radius 3 is 2.59 bits per heavy atom. The van der Waals surface area contributed by atoms with Crippen molar-refractivity contribution in [3.63, 3.8) is 0 Å². The molecule has 3 heterocycles. The highest BCUT2D eigenvalue weighted by Gasteiger charge is 2.20. The molecule has 0 saturated carbocycles. The number of hydrogen-bond donors (Lipinski definition) is 1. The Morgan fingerprint density at radius 1 is 0.926 bits per heavy atom. The van der Waals surface area contributed by atoms with Gasteiger partial charge in [-0.05, 0) is 43.5 Å². The lowest BCUT2D eigenvalue weighted by Crippen LogP contribution is -2.35. The molecule has 4 rings (SSSR count). The molecule has 1 N–H and O–H groups in total. The first-order valence-corrected chi connectivity index (χ1v) is 9.13. The summed E-state index contributed by atoms with van der Waals surface area (Å²) >= 11 is 0. The molecular weight excluding hydrogens is 340 g/mol. The van der Waals surface area contributed by atoms with Crippen LogP contribution >= 0.6 is 0 Å². The quantitative estimate of drug-likeness (QED) is 0.776. The molecule has 1 saturated heterocycles. The van der Waals surface area contributed by atoms with E-state index in [2.05, 4.69) is 15.3 Å². The fourth-order valence-corrected chi connectivity index (χ4v) is 3.36. The van der Waals surface area contributed by atoms with Gasteiger partial charge in [-0.2, -0.15) is 0 Å². The lowest BCUT2D eigenvalue weighted by atomic mass is 10.1. The van der Waals surface area contributed by atoms with E-state index < -0.39 is 0 Å². The van der Waals surface area contributed by atoms with Crippen LogP contribution in [-0.4, -0.2) is 39.8 Å². The van der Waals surface area contributed by atoms with Gasteiger partial charge in [-0.3, -0.25) is 19.6 Å². The standard InChI is InChI=1S/C21H20N4O2/c26-20(24-17-8-4-6-15-7-5-10-23-19(15)17)18-14-16(9-11-22-18)21(27)25-12-2-1-3-13-25/h4-11,14H,1-3,12-13H2,(H,24,26). The Hall–Kier alpha value is -3.28. The molecule has 136 valence electrons. The van der Waals surface area contributed by atoms with Crippen LogP contribution in [0.15, 0.2) is 54.9 Å². The third-order valence-electron chi connectivity index (χ3n) is 4.76. The Bertz CT molecular complexity index is 991. The van der Waals surface area contributed by atoms with Gasteiger partial charge in [-0.1, -0.05) is 18.2 Å². The molecule has 0 radical (unpaired) electrons. The van der Waals surface area contributed by atoms with E-state index in [-0.39, 0.29) is 17.5 Å². The van der Waals surface area contributed by atoms with E-state index in [1.165, 1.54) is 6.20 Å². The van der Waals surface area contributed by atoms with Gasteiger partial charge < -0.3 is 10.2 Å². The molecule has 27 heavy (non-hydrogen) atoms. The number of para-hydroxylation sites is 1. The summed E-state index contributed by atoms with van der Waals surface area (Å²) in [7, 11) is 0. The Labute approximate surface area is 157 Å². The normalized spacial score (nSPS) is 14.1. The Kier molecular flexibility index (Phi) is 4.78. The molecule has 1 fully saturated rings. The number of hydrogen-bond acceptors (Lipinski definition) is 4. The van der Waals surface area contributed by atoms with Gasteiger partial charge in [0.25, 0.3) is 11.8 Å². The summed E-state index contributed by atoms with van der Waals surface area (Å²) in [5.74, 6) is -0.403. The number of carbonyl (C=O) groups is 2. The smallest absolute Gasteiger partial charge is 0.274 e. The van der Waals surface area contributed by atoms with Crippen LogP contribution in [0.2, 0.25) is 0 Å². The summed E-state index contributed by atoms with van der Waals surface area (Å²) in [5.41, 5.74) is 2.04. The molecular formula is C21H20N4O2. The van der Waals surface area contributed by atoms with Crippen molar-refractivity contribution in [1.29, 1.82) is 0 Å². The van der Waals surface area contributed by atoms with E-state index in [4.69, 9.17) is 0 Å². The zero-order valence-electron chi connectivity index (χ0n) is 14.9. The van der Waals surface area contributed by atoms with Gasteiger partial charge in [-0.25, -0.2) is 0 Å². The summed E-state index contributed by atoms with van der Waals surface area (Å²) in [5, 5.41) is 3.80. The van der Waals surface area contributed by atoms with Crippen molar-refractivity contribution >= 4 is 28.4 Å². The minimum atomic E-state index is -0.360. The summed E-state index contributed by atoms with van der Waals surface area (Å²) in [6.45, 7) is 1.54. The zero-order chi connectivity index (χ0) is 18.6. The monoisotopic (exact) mass is 360 g/mol. The van der Waals surface area contributed by atoms with Crippen LogP contribution in [0.3, 0.4) is 0 Å². The number of aromatic nitrogens is 2. The van der Waals surface area contributed by atoms with Crippen molar-refractivity contribution in [1.82, 2.24) is 14.9 Å². The number of benzene rings is 1. The van der Waals surface area contributed by atoms with E-state index in [0.717, 1.165) is 37.7 Å². The topological polar surface area (TPSA) is 75.2 Å². The van der Waals surface area contributed by atoms with Crippen LogP contribution in [-0.2, 0) is 0 Å². The first-order valence-electron chi connectivity index (χ1n) is 9.13. The molecule has 0 atom stereocenters. The van der Waals surface area contributed by atoms with Crippen LogP contribution in [0.4, 0.5) is 5.69 Å². The first-order chi connectivity index (χ1) is 13.2. The lowest BCUT2D eigenvalue weighted by molar-refractivity contribution is 0.0724. The minimum Gasteiger partial charge on any atom is -0.339 e. The second-order valence-electron chi connectivity index (χ2n) is 6.62. The van der Waals surface area contributed by atoms with Gasteiger partial charge in [0.1, 0.15) is 5.69 Å². The van der Waals surface area contributed by atoms with E-state index in [0.29, 0.717) is 16.8 Å². The number of nitrogens with one attached hydrogen (secondary N) is 1. The van der Waals surface area contributed by atoms with Crippen LogP contribution in [0.1, 0.15) is 40.1 Å². The van der Waals surface area contributed by atoms with Crippen molar-refractivity contribution < 1.29 is 9.59 Å². The predicted molar refractivity (Wildman–Crippen MR) is 104 cm³/mol. The van der Waals surface area contributed by atoms with Gasteiger partial charge in [0.2, 0.25) is 0 Å². The Balaban J connectivity index is 1.56. The number of rotatable bonds is 3. The SMILES string of the molecule is O=C(Nc1cccc2cccnc12)c1cc(C(=O)N2CCCCC2)ccn1. The number of piperidine rings is 1. The summed E-state index contributed by atoms with van der Waals surface area (Å²) < 4.78 is 0. The molecule has 0 unspecified atom stereocenters. The zero-order valence-corrected chi connectivity index (χ0v) is 14.9. The highest BCUT2D eigenvalue weighted by atomic mass is 16.2. The second-order valence-corrected chi connectivity index (χ2v) is 6.62. The maximum atomic E-state index is 12.7. The van der Waals surface area contributed by atoms with Crippen molar-refractivity contribution in [2.75, 3.05) is 18.4 Å². The average molecular weight is 360 g/mol. The molecule has 6 nitrogen and oxygen atoms in total. The van der Waals surface area contributed by atoms with E-state index >= 15 is 0 Å². The molecule has 1 aliphatic rings. The first kappa shape index (κ1) is 17.1. The average Bonchev–Trinajstić information content (AvgIpc) is 2.74. The second kappa shape index (κ2) is 7.53. The lowest BCUT2D eigenvalue weighted by Gasteiger charge is -2.26. The molecule has 1 aromatic carbocycles. The molecule has 0 spiro atoms. The van der Waals surface area contributed by atoms with Crippen LogP contribution < -0.4 is 5.32 Å². The summed E-state index contributed by atoms with van der Waals surface area (Å²) in [4.78, 5) is 35.7. The van der Waals surface area contributed by atoms with Crippen molar-refractivity contribution in [3.8, 4) is 0 Å². The third-order valence-corrected chi connectivity index (χ3v) is 4.76. The molecule has 2 aromatic heterocycles. The van der Waals surface area contributed by atoms with Gasteiger partial charge in [0, 0.05) is 36.4 Å². The van der Waals surface area contributed by atoms with E-state index in [9.17, 15) is 9.59 Å². The predicted octanol–water partition coefficient (Wildman–Crippen LogP) is 3.51. The van der Waals surface area contributed by atoms with Crippen molar-refractivity contribution in [2.45, 2.75) is 19.3 Å². The van der Waals surface area contributed by atoms with E-state index in [1.807, 2.05) is 29.2 Å². The highest BCUT2D eigenvalue weighted by molar-refractivity contribution is 6.08. The summed E-state index contributed by atoms with van der Waals surface area (Å²) in [6, 6.07) is 12.6. The van der Waals surface area contributed by atoms with Crippen LogP contribution in [0, 0.1) is 0 Å². The van der Waals surface area contributed by atoms with Crippen molar-refractivity contribution in [2.24, 2.45) is 0 Å². The highest BCUT2D eigenvalue weighted by Crippen LogP contribution is 2.21. The maximum Gasteiger partial charge on any atom is 0.274 e. The van der Waals surface area contributed by atoms with Gasteiger partial charge in [0.05, 0.1) is 11.2 Å². The molecule has 0 aliphatic carbocycles. The number of anilines is 1. The number of carbonyl (C=O) groups excluding carboxylic acids is 2. The Morgan fingerprint density at radius 2 is 1.74 bits per heavy atom. The largest absolute Gasteiger partial charge is 0.339 e. The molecule has 3 aromatic rings. The fraction of sp³-hybridized carbons (Fsp3) is 0.238. The molecule has 2 amide bonds. The molecule has 6 heteroatoms. The third kappa shape index (κ3) is 3.65. The maximum absolute atomic E-state index is 12.7. The number of pyridine rings is 2. The van der Waals surface area contributed by atoms with Gasteiger partial charge in [-0.15, -0.1) is 0 Å². The fourth-order valence-electron chi connectivity index (χ4n) is 3.36. The molecule has 1 aliphatic heterocycles. The van der Waals surface area contributed by atoms with E-state index in [1.54, 1.807) is 24.4 Å². The van der Waals surface area contributed by atoms with Gasteiger partial charge in [0.15, 0.2) is 0 Å². The van der Waals surface area contributed by atoms with Gasteiger partial charge >= 0.3 is 0 Å².